The van der Waals surface area contributed by atoms with Crippen LogP contribution in [0.3, 0.4) is 0 Å². The highest BCUT2D eigenvalue weighted by atomic mass is 16.3. The summed E-state index contributed by atoms with van der Waals surface area (Å²) in [5.74, 6) is 0.607. The van der Waals surface area contributed by atoms with Crippen molar-refractivity contribution < 1.29 is 10.2 Å². The van der Waals surface area contributed by atoms with Gasteiger partial charge >= 0.3 is 0 Å². The van der Waals surface area contributed by atoms with Crippen LogP contribution in [0.5, 0.6) is 0 Å². The van der Waals surface area contributed by atoms with Gasteiger partial charge in [0.25, 0.3) is 0 Å². The number of fused-ring (bicyclic) bond motifs is 2. The molecule has 0 fully saturated rings. The third kappa shape index (κ3) is 2.97. The fraction of sp³-hybridized carbons (Fsp3) is 0.360. The molecule has 0 amide bonds. The molecule has 2 unspecified atom stereocenters. The van der Waals surface area contributed by atoms with Crippen LogP contribution in [-0.4, -0.2) is 23.4 Å². The van der Waals surface area contributed by atoms with E-state index in [1.54, 1.807) is 0 Å². The van der Waals surface area contributed by atoms with Crippen molar-refractivity contribution in [3.05, 3.63) is 82.9 Å². The first-order chi connectivity index (χ1) is 13.1. The van der Waals surface area contributed by atoms with Gasteiger partial charge in [-0.05, 0) is 51.7 Å². The maximum Gasteiger partial charge on any atom is 0.0471 e. The van der Waals surface area contributed by atoms with Gasteiger partial charge in [-0.1, -0.05) is 74.5 Å². The minimum Gasteiger partial charge on any atom is -0.396 e. The van der Waals surface area contributed by atoms with Crippen molar-refractivity contribution in [1.29, 1.82) is 0 Å². The van der Waals surface area contributed by atoms with Crippen molar-refractivity contribution in [1.82, 2.24) is 0 Å². The lowest BCUT2D eigenvalue weighted by Gasteiger charge is -2.37. The third-order valence-corrected chi connectivity index (χ3v) is 6.38. The maximum atomic E-state index is 9.50. The summed E-state index contributed by atoms with van der Waals surface area (Å²) < 4.78 is 0. The van der Waals surface area contributed by atoms with Gasteiger partial charge in [0, 0.05) is 25.0 Å². The van der Waals surface area contributed by atoms with E-state index in [9.17, 15) is 10.2 Å². The predicted molar refractivity (Wildman–Crippen MR) is 112 cm³/mol. The highest BCUT2D eigenvalue weighted by Crippen LogP contribution is 2.56. The summed E-state index contributed by atoms with van der Waals surface area (Å²) in [6, 6.07) is 17.3. The Morgan fingerprint density at radius 2 is 1.11 bits per heavy atom. The topological polar surface area (TPSA) is 40.5 Å². The van der Waals surface area contributed by atoms with Crippen molar-refractivity contribution in [3.63, 3.8) is 0 Å². The van der Waals surface area contributed by atoms with Gasteiger partial charge in [-0.25, -0.2) is 0 Å². The van der Waals surface area contributed by atoms with Gasteiger partial charge in [0.1, 0.15) is 0 Å². The molecular formula is C25H28O2. The first-order valence-electron chi connectivity index (χ1n) is 9.89. The van der Waals surface area contributed by atoms with E-state index in [1.807, 2.05) is 0 Å². The van der Waals surface area contributed by atoms with Gasteiger partial charge < -0.3 is 10.2 Å². The third-order valence-electron chi connectivity index (χ3n) is 6.38. The molecule has 0 radical (unpaired) electrons. The number of aliphatic hydroxyl groups excluding tert-OH is 2. The lowest BCUT2D eigenvalue weighted by atomic mass is 9.66. The monoisotopic (exact) mass is 360 g/mol. The van der Waals surface area contributed by atoms with Crippen LogP contribution in [0.25, 0.3) is 11.1 Å². The molecule has 2 aliphatic rings. The molecule has 0 heterocycles. The fourth-order valence-corrected chi connectivity index (χ4v) is 4.98. The van der Waals surface area contributed by atoms with Crippen molar-refractivity contribution in [3.8, 4) is 0 Å². The first kappa shape index (κ1) is 18.2. The lowest BCUT2D eigenvalue weighted by Crippen LogP contribution is -2.26. The second kappa shape index (κ2) is 7.10. The molecule has 0 saturated heterocycles. The molecule has 2 heteroatoms. The molecule has 0 spiro atoms. The van der Waals surface area contributed by atoms with E-state index in [0.29, 0.717) is 24.7 Å². The Morgan fingerprint density at radius 3 is 1.52 bits per heavy atom. The molecule has 2 nitrogen and oxygen atoms in total. The van der Waals surface area contributed by atoms with Gasteiger partial charge in [0.05, 0.1) is 0 Å². The molecule has 27 heavy (non-hydrogen) atoms. The van der Waals surface area contributed by atoms with Gasteiger partial charge in [-0.3, -0.25) is 0 Å². The van der Waals surface area contributed by atoms with Crippen LogP contribution in [-0.2, 0) is 0 Å². The van der Waals surface area contributed by atoms with Crippen LogP contribution in [0.15, 0.2) is 60.7 Å². The first-order valence-corrected chi connectivity index (χ1v) is 9.89. The molecule has 4 rings (SSSR count). The maximum absolute atomic E-state index is 9.50. The standard InChI is InChI=1S/C25H28O2/c1-25(2,23-15-17(11-13-26)19-7-3-5-9-21(19)23)24-16-18(12-14-27)20-8-4-6-10-22(20)24/h3-10,15-16,23-24,26-27H,11-14H2,1-2H3. The average Bonchev–Trinajstić information content (AvgIpc) is 3.23. The Bertz CT molecular complexity index is 831. The molecule has 0 bridgehead atoms. The van der Waals surface area contributed by atoms with Crippen LogP contribution in [0.2, 0.25) is 0 Å². The molecule has 2 aliphatic carbocycles. The lowest BCUT2D eigenvalue weighted by molar-refractivity contribution is 0.290. The zero-order chi connectivity index (χ0) is 19.0. The summed E-state index contributed by atoms with van der Waals surface area (Å²) in [6.07, 6.45) is 6.16. The smallest absolute Gasteiger partial charge is 0.0471 e. The zero-order valence-electron chi connectivity index (χ0n) is 16.2. The summed E-state index contributed by atoms with van der Waals surface area (Å²) >= 11 is 0. The molecule has 0 aromatic heterocycles. The fourth-order valence-electron chi connectivity index (χ4n) is 4.98. The molecule has 140 valence electrons. The van der Waals surface area contributed by atoms with Crippen LogP contribution in [0, 0.1) is 5.41 Å². The van der Waals surface area contributed by atoms with E-state index in [1.165, 1.54) is 33.4 Å². The number of hydrogen-bond donors (Lipinski definition) is 2. The average molecular weight is 360 g/mol. The quantitative estimate of drug-likeness (QED) is 0.749. The van der Waals surface area contributed by atoms with Crippen molar-refractivity contribution in [2.24, 2.45) is 5.41 Å². The van der Waals surface area contributed by atoms with Crippen molar-refractivity contribution >= 4 is 11.1 Å². The highest BCUT2D eigenvalue weighted by Gasteiger charge is 2.43. The SMILES string of the molecule is CC(C)(C1C=C(CCO)c2ccccc21)C1C=C(CCO)c2ccccc21. The van der Waals surface area contributed by atoms with Gasteiger partial charge in [-0.15, -0.1) is 0 Å². The highest BCUT2D eigenvalue weighted by molar-refractivity contribution is 5.77. The number of rotatable bonds is 6. The Morgan fingerprint density at radius 1 is 0.704 bits per heavy atom. The van der Waals surface area contributed by atoms with E-state index in [-0.39, 0.29) is 18.6 Å². The van der Waals surface area contributed by atoms with Gasteiger partial charge in [0.2, 0.25) is 0 Å². The number of hydrogen-bond acceptors (Lipinski definition) is 2. The zero-order valence-corrected chi connectivity index (χ0v) is 16.2. The van der Waals surface area contributed by atoms with E-state index < -0.39 is 0 Å². The molecule has 2 aromatic rings. The second-order valence-corrected chi connectivity index (χ2v) is 8.28. The summed E-state index contributed by atoms with van der Waals surface area (Å²) in [5.41, 5.74) is 7.82. The van der Waals surface area contributed by atoms with E-state index in [0.717, 1.165) is 0 Å². The van der Waals surface area contributed by atoms with E-state index in [2.05, 4.69) is 74.5 Å². The van der Waals surface area contributed by atoms with Crippen LogP contribution >= 0.6 is 0 Å². The van der Waals surface area contributed by atoms with Crippen LogP contribution in [0.4, 0.5) is 0 Å². The Labute approximate surface area is 161 Å². The molecule has 2 N–H and O–H groups in total. The molecule has 2 atom stereocenters. The number of allylic oxidation sites excluding steroid dienone is 2. The van der Waals surface area contributed by atoms with E-state index >= 15 is 0 Å². The van der Waals surface area contributed by atoms with Gasteiger partial charge in [-0.2, -0.15) is 0 Å². The molecule has 2 aromatic carbocycles. The van der Waals surface area contributed by atoms with Crippen molar-refractivity contribution in [2.45, 2.75) is 38.5 Å². The Balaban J connectivity index is 1.78. The largest absolute Gasteiger partial charge is 0.396 e. The van der Waals surface area contributed by atoms with E-state index in [4.69, 9.17) is 0 Å². The van der Waals surface area contributed by atoms with Crippen LogP contribution < -0.4 is 0 Å². The number of aliphatic hydroxyl groups is 2. The van der Waals surface area contributed by atoms with Gasteiger partial charge in [0.15, 0.2) is 0 Å². The predicted octanol–water partition coefficient (Wildman–Crippen LogP) is 5.14. The summed E-state index contributed by atoms with van der Waals surface area (Å²) in [7, 11) is 0. The van der Waals surface area contributed by atoms with Crippen molar-refractivity contribution in [2.75, 3.05) is 13.2 Å². The normalized spacial score (nSPS) is 20.9. The molecule has 0 saturated carbocycles. The Hall–Kier alpha value is -2.16. The minimum atomic E-state index is -0.0133. The summed E-state index contributed by atoms with van der Waals surface area (Å²) in [4.78, 5) is 0. The molecule has 0 aliphatic heterocycles. The molecular weight excluding hydrogens is 332 g/mol. The van der Waals surface area contributed by atoms with Crippen LogP contribution in [0.1, 0.15) is 60.8 Å². The minimum absolute atomic E-state index is 0.0133. The summed E-state index contributed by atoms with van der Waals surface area (Å²) in [5, 5.41) is 19.0. The second-order valence-electron chi connectivity index (χ2n) is 8.28. The Kier molecular flexibility index (Phi) is 4.79. The number of benzene rings is 2. The summed E-state index contributed by atoms with van der Waals surface area (Å²) in [6.45, 7) is 5.07.